The summed E-state index contributed by atoms with van der Waals surface area (Å²) in [4.78, 5) is 16.6. The summed E-state index contributed by atoms with van der Waals surface area (Å²) >= 11 is 0. The van der Waals surface area contributed by atoms with Crippen molar-refractivity contribution in [2.45, 2.75) is 37.8 Å². The molecule has 1 unspecified atom stereocenters. The third-order valence-electron chi connectivity index (χ3n) is 5.32. The predicted molar refractivity (Wildman–Crippen MR) is 120 cm³/mol. The number of aryl methyl sites for hydroxylation is 2. The molecule has 1 aliphatic heterocycles. The molecule has 7 nitrogen and oxygen atoms in total. The summed E-state index contributed by atoms with van der Waals surface area (Å²) in [5.74, 6) is 0.134. The van der Waals surface area contributed by atoms with Crippen LogP contribution < -0.4 is 9.04 Å². The van der Waals surface area contributed by atoms with Crippen LogP contribution in [-0.4, -0.2) is 26.5 Å². The summed E-state index contributed by atoms with van der Waals surface area (Å²) in [5, 5.41) is 0. The number of ether oxygens (including phenoxy) is 2. The Morgan fingerprint density at radius 3 is 2.34 bits per heavy atom. The van der Waals surface area contributed by atoms with Crippen molar-refractivity contribution in [1.29, 1.82) is 0 Å². The summed E-state index contributed by atoms with van der Waals surface area (Å²) in [6.45, 7) is 4.25. The molecule has 32 heavy (non-hydrogen) atoms. The minimum Gasteiger partial charge on any atom is -0.489 e. The van der Waals surface area contributed by atoms with Gasteiger partial charge < -0.3 is 9.47 Å². The molecule has 0 aliphatic carbocycles. The Labute approximate surface area is 187 Å². The molecule has 1 atom stereocenters. The van der Waals surface area contributed by atoms with Crippen LogP contribution in [0.5, 0.6) is 5.75 Å². The van der Waals surface area contributed by atoms with E-state index in [2.05, 4.69) is 4.98 Å². The Balaban J connectivity index is 1.59. The van der Waals surface area contributed by atoms with Crippen molar-refractivity contribution in [3.8, 4) is 5.75 Å². The molecule has 2 aromatic carbocycles. The fourth-order valence-electron chi connectivity index (χ4n) is 4.00. The van der Waals surface area contributed by atoms with Gasteiger partial charge in [0.05, 0.1) is 30.2 Å². The van der Waals surface area contributed by atoms with Gasteiger partial charge >= 0.3 is 5.97 Å². The van der Waals surface area contributed by atoms with Gasteiger partial charge in [0, 0.05) is 11.4 Å². The van der Waals surface area contributed by atoms with Crippen LogP contribution in [0.4, 0.5) is 5.69 Å². The molecule has 3 aromatic rings. The van der Waals surface area contributed by atoms with Crippen LogP contribution in [0.3, 0.4) is 0 Å². The number of nitrogens with zero attached hydrogens (tertiary/aromatic N) is 2. The van der Waals surface area contributed by atoms with Crippen LogP contribution in [0.1, 0.15) is 35.0 Å². The molecule has 1 aromatic heterocycles. The van der Waals surface area contributed by atoms with E-state index in [1.54, 1.807) is 48.5 Å². The normalized spacial score (nSPS) is 16.5. The third kappa shape index (κ3) is 4.18. The first-order valence-corrected chi connectivity index (χ1v) is 11.6. The van der Waals surface area contributed by atoms with Gasteiger partial charge in [0.15, 0.2) is 0 Å². The number of fused-ring (bicyclic) bond motifs is 1. The molecule has 0 saturated heterocycles. The number of hydrogen-bond donors (Lipinski definition) is 0. The van der Waals surface area contributed by atoms with Gasteiger partial charge in [0.25, 0.3) is 10.0 Å². The minimum absolute atomic E-state index is 0.0776. The molecular weight excluding hydrogens is 428 g/mol. The van der Waals surface area contributed by atoms with Crippen LogP contribution in [0.15, 0.2) is 65.6 Å². The number of aromatic nitrogens is 1. The van der Waals surface area contributed by atoms with E-state index in [9.17, 15) is 13.2 Å². The lowest BCUT2D eigenvalue weighted by Crippen LogP contribution is -2.29. The molecule has 2 heterocycles. The summed E-state index contributed by atoms with van der Waals surface area (Å²) in [6.07, 6.45) is -0.0776. The number of sulfonamides is 1. The quantitative estimate of drug-likeness (QED) is 0.524. The maximum absolute atomic E-state index is 13.3. The smallest absolute Gasteiger partial charge is 0.307 e. The largest absolute Gasteiger partial charge is 0.489 e. The van der Waals surface area contributed by atoms with Gasteiger partial charge in [0.1, 0.15) is 12.4 Å². The van der Waals surface area contributed by atoms with Crippen LogP contribution >= 0.6 is 0 Å². The number of anilines is 1. The van der Waals surface area contributed by atoms with Crippen molar-refractivity contribution in [3.05, 3.63) is 83.2 Å². The first-order chi connectivity index (χ1) is 15.3. The molecule has 8 heteroatoms. The Bertz CT molecular complexity index is 1240. The van der Waals surface area contributed by atoms with Crippen molar-refractivity contribution in [3.63, 3.8) is 0 Å². The number of esters is 1. The Kier molecular flexibility index (Phi) is 5.88. The van der Waals surface area contributed by atoms with Crippen LogP contribution in [-0.2, 0) is 26.2 Å². The van der Waals surface area contributed by atoms with E-state index >= 15 is 0 Å². The first-order valence-electron chi connectivity index (χ1n) is 10.2. The van der Waals surface area contributed by atoms with Crippen molar-refractivity contribution in [1.82, 2.24) is 4.98 Å². The number of pyridine rings is 1. The average molecular weight is 453 g/mol. The monoisotopic (exact) mass is 452 g/mol. The van der Waals surface area contributed by atoms with Crippen molar-refractivity contribution < 1.29 is 22.7 Å². The Hall–Kier alpha value is -3.39. The first kappa shape index (κ1) is 21.8. The standard InChI is InChI=1S/C24H24N2O5S/c1-16-12-18(13-17(2)25-16)15-31-20-10-8-19(9-11-20)26-22(14-24(27)30-3)21-6-4-5-7-23(21)32(26,28)29/h4-13,22H,14-15H2,1-3H3. The summed E-state index contributed by atoms with van der Waals surface area (Å²) in [5.41, 5.74) is 3.90. The second-order valence-corrected chi connectivity index (χ2v) is 9.46. The fourth-order valence-corrected chi connectivity index (χ4v) is 5.89. The molecule has 0 N–H and O–H groups in total. The average Bonchev–Trinajstić information content (AvgIpc) is 2.98. The van der Waals surface area contributed by atoms with E-state index in [0.29, 0.717) is 23.6 Å². The number of methoxy groups -OCH3 is 1. The van der Waals surface area contributed by atoms with E-state index in [1.807, 2.05) is 26.0 Å². The molecular formula is C24H24N2O5S. The lowest BCUT2D eigenvalue weighted by Gasteiger charge is -2.25. The summed E-state index contributed by atoms with van der Waals surface area (Å²) in [6, 6.07) is 16.8. The molecule has 4 rings (SSSR count). The molecule has 166 valence electrons. The molecule has 0 bridgehead atoms. The van der Waals surface area contributed by atoms with E-state index in [0.717, 1.165) is 17.0 Å². The zero-order valence-electron chi connectivity index (χ0n) is 18.1. The highest BCUT2D eigenvalue weighted by atomic mass is 32.2. The van der Waals surface area contributed by atoms with Crippen LogP contribution in [0, 0.1) is 13.8 Å². The second kappa shape index (κ2) is 8.63. The number of hydrogen-bond acceptors (Lipinski definition) is 6. The highest BCUT2D eigenvalue weighted by molar-refractivity contribution is 7.93. The zero-order valence-corrected chi connectivity index (χ0v) is 18.9. The topological polar surface area (TPSA) is 85.8 Å². The molecule has 0 saturated carbocycles. The molecule has 0 radical (unpaired) electrons. The molecule has 0 amide bonds. The van der Waals surface area contributed by atoms with Gasteiger partial charge in [-0.05, 0) is 67.4 Å². The fraction of sp³-hybridized carbons (Fsp3) is 0.250. The number of carbonyl (C=O) groups is 1. The van der Waals surface area contributed by atoms with Crippen LogP contribution in [0.2, 0.25) is 0 Å². The van der Waals surface area contributed by atoms with E-state index in [4.69, 9.17) is 9.47 Å². The number of rotatable bonds is 6. The molecule has 0 fully saturated rings. The predicted octanol–water partition coefficient (Wildman–Crippen LogP) is 4.09. The molecule has 1 aliphatic rings. The Morgan fingerprint density at radius 2 is 1.69 bits per heavy atom. The van der Waals surface area contributed by atoms with Crippen molar-refractivity contribution in [2.75, 3.05) is 11.4 Å². The van der Waals surface area contributed by atoms with Gasteiger partial charge in [-0.3, -0.25) is 14.1 Å². The highest BCUT2D eigenvalue weighted by Gasteiger charge is 2.43. The van der Waals surface area contributed by atoms with Gasteiger partial charge in [-0.2, -0.15) is 0 Å². The van der Waals surface area contributed by atoms with Gasteiger partial charge in [-0.1, -0.05) is 18.2 Å². The summed E-state index contributed by atoms with van der Waals surface area (Å²) in [7, 11) is -2.51. The van der Waals surface area contributed by atoms with Crippen molar-refractivity contribution >= 4 is 21.7 Å². The maximum Gasteiger partial charge on any atom is 0.307 e. The molecule has 0 spiro atoms. The summed E-state index contributed by atoms with van der Waals surface area (Å²) < 4.78 is 38.5. The number of carbonyl (C=O) groups excluding carboxylic acids is 1. The minimum atomic E-state index is -3.80. The van der Waals surface area contributed by atoms with E-state index in [-0.39, 0.29) is 11.3 Å². The van der Waals surface area contributed by atoms with Gasteiger partial charge in [-0.25, -0.2) is 8.42 Å². The van der Waals surface area contributed by atoms with Gasteiger partial charge in [-0.15, -0.1) is 0 Å². The lowest BCUT2D eigenvalue weighted by atomic mass is 10.0. The zero-order chi connectivity index (χ0) is 22.9. The van der Waals surface area contributed by atoms with Gasteiger partial charge in [0.2, 0.25) is 0 Å². The highest BCUT2D eigenvalue weighted by Crippen LogP contribution is 2.44. The second-order valence-electron chi connectivity index (χ2n) is 7.68. The van der Waals surface area contributed by atoms with E-state index < -0.39 is 22.0 Å². The van der Waals surface area contributed by atoms with E-state index in [1.165, 1.54) is 11.4 Å². The SMILES string of the molecule is COC(=O)CC1c2ccccc2S(=O)(=O)N1c1ccc(OCc2cc(C)nc(C)c2)cc1. The maximum atomic E-state index is 13.3. The lowest BCUT2D eigenvalue weighted by molar-refractivity contribution is -0.141. The Morgan fingerprint density at radius 1 is 1.03 bits per heavy atom. The third-order valence-corrected chi connectivity index (χ3v) is 7.23. The number of benzene rings is 2. The van der Waals surface area contributed by atoms with Crippen molar-refractivity contribution in [2.24, 2.45) is 0 Å². The van der Waals surface area contributed by atoms with Crippen LogP contribution in [0.25, 0.3) is 0 Å².